The van der Waals surface area contributed by atoms with Crippen molar-refractivity contribution >= 4 is 17.0 Å². The van der Waals surface area contributed by atoms with Crippen molar-refractivity contribution in [2.75, 3.05) is 0 Å². The molecule has 0 unspecified atom stereocenters. The summed E-state index contributed by atoms with van der Waals surface area (Å²) in [5, 5.41) is 9.08. The number of nitrogens with one attached hydrogen (secondary N) is 1. The second kappa shape index (κ2) is 6.33. The van der Waals surface area contributed by atoms with Gasteiger partial charge in [0.15, 0.2) is 0 Å². The number of hydrogen-bond acceptors (Lipinski definition) is 4. The van der Waals surface area contributed by atoms with Gasteiger partial charge in [-0.05, 0) is 43.3 Å². The first-order valence-electron chi connectivity index (χ1n) is 8.02. The Morgan fingerprint density at radius 1 is 1.08 bits per heavy atom. The van der Waals surface area contributed by atoms with Crippen LogP contribution < -0.4 is 4.74 Å². The molecule has 0 atom stereocenters. The molecule has 2 heterocycles. The van der Waals surface area contributed by atoms with E-state index in [0.717, 1.165) is 16.9 Å². The Balaban J connectivity index is 1.59. The molecule has 2 aromatic heterocycles. The molecule has 0 bridgehead atoms. The van der Waals surface area contributed by atoms with Crippen molar-refractivity contribution in [3.05, 3.63) is 71.9 Å². The summed E-state index contributed by atoms with van der Waals surface area (Å²) in [6.07, 6.45) is 1.67. The summed E-state index contributed by atoms with van der Waals surface area (Å²) in [5.41, 5.74) is 3.53. The van der Waals surface area contributed by atoms with Crippen LogP contribution in [0.2, 0.25) is 0 Å². The number of ether oxygens (including phenoxy) is 1. The zero-order valence-electron chi connectivity index (χ0n) is 13.9. The van der Waals surface area contributed by atoms with Gasteiger partial charge < -0.3 is 14.8 Å². The van der Waals surface area contributed by atoms with Crippen LogP contribution in [0.5, 0.6) is 11.6 Å². The molecule has 0 saturated carbocycles. The maximum Gasteiger partial charge on any atom is 0.335 e. The first-order valence-corrected chi connectivity index (χ1v) is 8.02. The van der Waals surface area contributed by atoms with Crippen molar-refractivity contribution in [3.63, 3.8) is 0 Å². The third-order valence-corrected chi connectivity index (χ3v) is 3.98. The van der Waals surface area contributed by atoms with Crippen LogP contribution in [0.3, 0.4) is 0 Å². The number of aryl methyl sites for hydroxylation is 1. The number of rotatable bonds is 4. The van der Waals surface area contributed by atoms with Crippen molar-refractivity contribution in [2.24, 2.45) is 0 Å². The minimum atomic E-state index is -0.970. The lowest BCUT2D eigenvalue weighted by Gasteiger charge is -2.05. The Kier molecular flexibility index (Phi) is 3.85. The standard InChI is InChI=1S/C20H15N3O3/c1-12-2-6-15(7-3-12)26-18-9-5-14(11-21-18)19-22-16-8-4-13(20(24)25)10-17(16)23-19/h2-11H,1H3,(H,22,23)(H,24,25). The van der Waals surface area contributed by atoms with E-state index >= 15 is 0 Å². The van der Waals surface area contributed by atoms with E-state index in [0.29, 0.717) is 22.7 Å². The third-order valence-electron chi connectivity index (χ3n) is 3.98. The minimum absolute atomic E-state index is 0.215. The van der Waals surface area contributed by atoms with Crippen molar-refractivity contribution in [1.82, 2.24) is 15.0 Å². The van der Waals surface area contributed by atoms with Gasteiger partial charge in [-0.25, -0.2) is 14.8 Å². The maximum absolute atomic E-state index is 11.1. The predicted octanol–water partition coefficient (Wildman–Crippen LogP) is 4.42. The number of aromatic nitrogens is 3. The Hall–Kier alpha value is -3.67. The number of carboxylic acid groups (broad SMARTS) is 1. The lowest BCUT2D eigenvalue weighted by molar-refractivity contribution is 0.0697. The molecule has 0 aliphatic carbocycles. The highest BCUT2D eigenvalue weighted by Crippen LogP contribution is 2.24. The monoisotopic (exact) mass is 345 g/mol. The Bertz CT molecular complexity index is 1080. The summed E-state index contributed by atoms with van der Waals surface area (Å²) in [5.74, 6) is 0.863. The number of fused-ring (bicyclic) bond motifs is 1. The number of pyridine rings is 1. The van der Waals surface area contributed by atoms with Crippen LogP contribution in [0, 0.1) is 6.92 Å². The van der Waals surface area contributed by atoms with Gasteiger partial charge in [-0.1, -0.05) is 17.7 Å². The van der Waals surface area contributed by atoms with Gasteiger partial charge >= 0.3 is 5.97 Å². The topological polar surface area (TPSA) is 88.1 Å². The first-order chi connectivity index (χ1) is 12.6. The van der Waals surface area contributed by atoms with Gasteiger partial charge in [0.2, 0.25) is 5.88 Å². The summed E-state index contributed by atoms with van der Waals surface area (Å²) in [7, 11) is 0. The average Bonchev–Trinajstić information content (AvgIpc) is 3.07. The van der Waals surface area contributed by atoms with E-state index in [4.69, 9.17) is 9.84 Å². The molecule has 128 valence electrons. The molecule has 0 radical (unpaired) electrons. The fraction of sp³-hybridized carbons (Fsp3) is 0.0500. The number of carbonyl (C=O) groups is 1. The zero-order chi connectivity index (χ0) is 18.1. The van der Waals surface area contributed by atoms with Crippen LogP contribution in [0.1, 0.15) is 15.9 Å². The quantitative estimate of drug-likeness (QED) is 0.571. The molecule has 0 amide bonds. The largest absolute Gasteiger partial charge is 0.478 e. The highest BCUT2D eigenvalue weighted by atomic mass is 16.5. The molecule has 0 aliphatic rings. The Morgan fingerprint density at radius 3 is 2.58 bits per heavy atom. The first kappa shape index (κ1) is 15.8. The van der Waals surface area contributed by atoms with Gasteiger partial charge in [-0.3, -0.25) is 0 Å². The van der Waals surface area contributed by atoms with E-state index in [1.165, 1.54) is 6.07 Å². The van der Waals surface area contributed by atoms with E-state index in [-0.39, 0.29) is 5.56 Å². The number of benzene rings is 2. The average molecular weight is 345 g/mol. The number of nitrogens with zero attached hydrogens (tertiary/aromatic N) is 2. The molecule has 2 N–H and O–H groups in total. The van der Waals surface area contributed by atoms with Gasteiger partial charge in [-0.15, -0.1) is 0 Å². The van der Waals surface area contributed by atoms with E-state index in [2.05, 4.69) is 15.0 Å². The van der Waals surface area contributed by atoms with Gasteiger partial charge in [0.25, 0.3) is 0 Å². The molecular formula is C20H15N3O3. The molecule has 26 heavy (non-hydrogen) atoms. The van der Waals surface area contributed by atoms with E-state index in [1.807, 2.05) is 37.3 Å². The highest BCUT2D eigenvalue weighted by Gasteiger charge is 2.09. The van der Waals surface area contributed by atoms with Crippen LogP contribution in [0.15, 0.2) is 60.8 Å². The number of carboxylic acids is 1. The third kappa shape index (κ3) is 3.12. The predicted molar refractivity (Wildman–Crippen MR) is 97.5 cm³/mol. The summed E-state index contributed by atoms with van der Waals surface area (Å²) < 4.78 is 5.72. The highest BCUT2D eigenvalue weighted by molar-refractivity contribution is 5.92. The molecule has 6 nitrogen and oxygen atoms in total. The molecule has 0 fully saturated rings. The van der Waals surface area contributed by atoms with E-state index in [1.54, 1.807) is 24.4 Å². The lowest BCUT2D eigenvalue weighted by atomic mass is 10.2. The van der Waals surface area contributed by atoms with Crippen molar-refractivity contribution < 1.29 is 14.6 Å². The lowest BCUT2D eigenvalue weighted by Crippen LogP contribution is -1.94. The summed E-state index contributed by atoms with van der Waals surface area (Å²) in [4.78, 5) is 23.0. The van der Waals surface area contributed by atoms with Gasteiger partial charge in [0.1, 0.15) is 11.6 Å². The normalized spacial score (nSPS) is 10.8. The fourth-order valence-corrected chi connectivity index (χ4v) is 2.59. The van der Waals surface area contributed by atoms with Gasteiger partial charge in [0, 0.05) is 17.8 Å². The molecule has 2 aromatic carbocycles. The second-order valence-electron chi connectivity index (χ2n) is 5.92. The van der Waals surface area contributed by atoms with Crippen LogP contribution in [-0.2, 0) is 0 Å². The summed E-state index contributed by atoms with van der Waals surface area (Å²) in [6, 6.07) is 16.1. The van der Waals surface area contributed by atoms with Crippen molar-refractivity contribution in [1.29, 1.82) is 0 Å². The second-order valence-corrected chi connectivity index (χ2v) is 5.92. The molecule has 0 aliphatic heterocycles. The molecule has 4 rings (SSSR count). The van der Waals surface area contributed by atoms with Crippen molar-refractivity contribution in [2.45, 2.75) is 6.92 Å². The van der Waals surface area contributed by atoms with Crippen LogP contribution in [0.4, 0.5) is 0 Å². The molecular weight excluding hydrogens is 330 g/mol. The zero-order valence-corrected chi connectivity index (χ0v) is 13.9. The number of imidazole rings is 1. The summed E-state index contributed by atoms with van der Waals surface area (Å²) in [6.45, 7) is 2.02. The molecule has 0 saturated heterocycles. The van der Waals surface area contributed by atoms with Crippen LogP contribution in [-0.4, -0.2) is 26.0 Å². The van der Waals surface area contributed by atoms with Crippen molar-refractivity contribution in [3.8, 4) is 23.0 Å². The maximum atomic E-state index is 11.1. The van der Waals surface area contributed by atoms with E-state index in [9.17, 15) is 4.79 Å². The minimum Gasteiger partial charge on any atom is -0.478 e. The molecule has 6 heteroatoms. The van der Waals surface area contributed by atoms with Crippen LogP contribution in [0.25, 0.3) is 22.4 Å². The SMILES string of the molecule is Cc1ccc(Oc2ccc(-c3nc4ccc(C(=O)O)cc4[nH]3)cn2)cc1. The number of hydrogen-bond donors (Lipinski definition) is 2. The molecule has 4 aromatic rings. The van der Waals surface area contributed by atoms with Gasteiger partial charge in [0.05, 0.1) is 16.6 Å². The Labute approximate surface area is 149 Å². The molecule has 0 spiro atoms. The Morgan fingerprint density at radius 2 is 1.88 bits per heavy atom. The fourth-order valence-electron chi connectivity index (χ4n) is 2.59. The number of aromatic carboxylic acids is 1. The van der Waals surface area contributed by atoms with Gasteiger partial charge in [-0.2, -0.15) is 0 Å². The number of aromatic amines is 1. The number of H-pyrrole nitrogens is 1. The summed E-state index contributed by atoms with van der Waals surface area (Å²) >= 11 is 0. The van der Waals surface area contributed by atoms with E-state index < -0.39 is 5.97 Å². The smallest absolute Gasteiger partial charge is 0.335 e. The van der Waals surface area contributed by atoms with Crippen LogP contribution >= 0.6 is 0 Å².